The van der Waals surface area contributed by atoms with Crippen molar-refractivity contribution in [1.29, 1.82) is 0 Å². The predicted molar refractivity (Wildman–Crippen MR) is 118 cm³/mol. The zero-order chi connectivity index (χ0) is 22.4. The van der Waals surface area contributed by atoms with Crippen LogP contribution in [0.4, 0.5) is 0 Å². The van der Waals surface area contributed by atoms with Crippen LogP contribution >= 0.6 is 0 Å². The van der Waals surface area contributed by atoms with Gasteiger partial charge in [-0.3, -0.25) is 4.79 Å². The molecule has 32 heavy (non-hydrogen) atoms. The lowest BCUT2D eigenvalue weighted by molar-refractivity contribution is 0.0670. The maximum atomic E-state index is 12.7. The summed E-state index contributed by atoms with van der Waals surface area (Å²) in [7, 11) is -3.53. The van der Waals surface area contributed by atoms with Gasteiger partial charge in [0, 0.05) is 26.2 Å². The van der Waals surface area contributed by atoms with Crippen LogP contribution in [0.3, 0.4) is 0 Å². The van der Waals surface area contributed by atoms with Crippen molar-refractivity contribution in [3.8, 4) is 5.75 Å². The van der Waals surface area contributed by atoms with Crippen molar-refractivity contribution in [1.82, 2.24) is 9.62 Å². The molecule has 4 rings (SSSR count). The van der Waals surface area contributed by atoms with E-state index in [0.717, 1.165) is 25.0 Å². The molecule has 2 aliphatic heterocycles. The Morgan fingerprint density at radius 1 is 1.06 bits per heavy atom. The molecule has 0 aromatic heterocycles. The van der Waals surface area contributed by atoms with E-state index in [-0.39, 0.29) is 23.5 Å². The molecule has 1 atom stereocenters. The van der Waals surface area contributed by atoms with Gasteiger partial charge in [-0.25, -0.2) is 8.42 Å². The summed E-state index contributed by atoms with van der Waals surface area (Å²) in [5.41, 5.74) is 1.26. The minimum atomic E-state index is -3.53. The van der Waals surface area contributed by atoms with Gasteiger partial charge in [0.1, 0.15) is 12.4 Å². The number of rotatable bonds is 8. The number of morpholine rings is 1. The molecule has 1 N–H and O–H groups in total. The minimum Gasteiger partial charge on any atom is -0.490 e. The van der Waals surface area contributed by atoms with Gasteiger partial charge in [0.05, 0.1) is 29.8 Å². The zero-order valence-electron chi connectivity index (χ0n) is 17.9. The van der Waals surface area contributed by atoms with E-state index >= 15 is 0 Å². The standard InChI is InChI=1S/C23H28N2O6S/c26-23(21-5-1-2-6-22(21)31-17-19-4-3-13-30-19)24-16-18-7-9-20(10-8-18)32(27,28)25-11-14-29-15-12-25/h1-2,5-10,19H,3-4,11-17H2,(H,24,26). The van der Waals surface area contributed by atoms with Crippen LogP contribution in [0.1, 0.15) is 28.8 Å². The van der Waals surface area contributed by atoms with Crippen LogP contribution in [-0.4, -0.2) is 64.3 Å². The number of hydrogen-bond donors (Lipinski definition) is 1. The van der Waals surface area contributed by atoms with E-state index in [1.54, 1.807) is 42.5 Å². The Balaban J connectivity index is 1.35. The average Bonchev–Trinajstić information content (AvgIpc) is 3.36. The van der Waals surface area contributed by atoms with Crippen LogP contribution < -0.4 is 10.1 Å². The summed E-state index contributed by atoms with van der Waals surface area (Å²) in [4.78, 5) is 13.0. The summed E-state index contributed by atoms with van der Waals surface area (Å²) in [5, 5.41) is 2.88. The molecule has 2 saturated heterocycles. The molecule has 1 unspecified atom stereocenters. The minimum absolute atomic E-state index is 0.0679. The van der Waals surface area contributed by atoms with Gasteiger partial charge in [0.25, 0.3) is 5.91 Å². The highest BCUT2D eigenvalue weighted by molar-refractivity contribution is 7.89. The summed E-state index contributed by atoms with van der Waals surface area (Å²) >= 11 is 0. The molecule has 8 nitrogen and oxygen atoms in total. The van der Waals surface area contributed by atoms with Gasteiger partial charge in [-0.15, -0.1) is 0 Å². The van der Waals surface area contributed by atoms with Crippen LogP contribution in [0, 0.1) is 0 Å². The first kappa shape index (κ1) is 22.7. The second-order valence-corrected chi connectivity index (χ2v) is 9.72. The summed E-state index contributed by atoms with van der Waals surface area (Å²) in [6.07, 6.45) is 2.06. The lowest BCUT2D eigenvalue weighted by Gasteiger charge is -2.26. The second kappa shape index (κ2) is 10.4. The van der Waals surface area contributed by atoms with Crippen molar-refractivity contribution >= 4 is 15.9 Å². The molecule has 2 heterocycles. The number of carbonyl (C=O) groups is 1. The molecule has 2 fully saturated rings. The van der Waals surface area contributed by atoms with Crippen molar-refractivity contribution in [3.05, 3.63) is 59.7 Å². The molecule has 0 aliphatic carbocycles. The molecule has 9 heteroatoms. The van der Waals surface area contributed by atoms with Crippen molar-refractivity contribution in [2.24, 2.45) is 0 Å². The number of amides is 1. The van der Waals surface area contributed by atoms with Gasteiger partial charge in [-0.1, -0.05) is 24.3 Å². The zero-order valence-corrected chi connectivity index (χ0v) is 18.7. The second-order valence-electron chi connectivity index (χ2n) is 7.79. The number of hydrogen-bond acceptors (Lipinski definition) is 6. The third kappa shape index (κ3) is 5.47. The molecule has 0 bridgehead atoms. The van der Waals surface area contributed by atoms with Crippen LogP contribution in [0.5, 0.6) is 5.75 Å². The summed E-state index contributed by atoms with van der Waals surface area (Å²) in [6.45, 7) is 2.97. The first-order valence-electron chi connectivity index (χ1n) is 10.8. The van der Waals surface area contributed by atoms with E-state index in [0.29, 0.717) is 44.2 Å². The molecular weight excluding hydrogens is 432 g/mol. The largest absolute Gasteiger partial charge is 0.490 e. The van der Waals surface area contributed by atoms with Crippen molar-refractivity contribution in [3.63, 3.8) is 0 Å². The van der Waals surface area contributed by atoms with Crippen LogP contribution in [0.15, 0.2) is 53.4 Å². The van der Waals surface area contributed by atoms with Crippen molar-refractivity contribution in [2.75, 3.05) is 39.5 Å². The number of para-hydroxylation sites is 1. The third-order valence-corrected chi connectivity index (χ3v) is 7.48. The first-order chi connectivity index (χ1) is 15.5. The summed E-state index contributed by atoms with van der Waals surface area (Å²) in [5.74, 6) is 0.269. The topological polar surface area (TPSA) is 94.2 Å². The fraction of sp³-hybridized carbons (Fsp3) is 0.435. The van der Waals surface area contributed by atoms with E-state index in [2.05, 4.69) is 5.32 Å². The highest BCUT2D eigenvalue weighted by atomic mass is 32.2. The van der Waals surface area contributed by atoms with Crippen molar-refractivity contribution in [2.45, 2.75) is 30.4 Å². The van der Waals surface area contributed by atoms with Crippen LogP contribution in [0.25, 0.3) is 0 Å². The highest BCUT2D eigenvalue weighted by Crippen LogP contribution is 2.21. The predicted octanol–water partition coefficient (Wildman–Crippen LogP) is 2.20. The van der Waals surface area contributed by atoms with Crippen molar-refractivity contribution < 1.29 is 27.4 Å². The van der Waals surface area contributed by atoms with E-state index in [9.17, 15) is 13.2 Å². The number of benzene rings is 2. The Morgan fingerprint density at radius 2 is 1.81 bits per heavy atom. The molecule has 2 aromatic rings. The van der Waals surface area contributed by atoms with E-state index in [1.807, 2.05) is 6.07 Å². The summed E-state index contributed by atoms with van der Waals surface area (Å²) < 4.78 is 43.5. The Hall–Kier alpha value is -2.46. The number of nitrogens with zero attached hydrogens (tertiary/aromatic N) is 1. The normalized spacial score (nSPS) is 19.6. The number of carbonyl (C=O) groups excluding carboxylic acids is 1. The summed E-state index contributed by atoms with van der Waals surface area (Å²) in [6, 6.07) is 13.7. The molecule has 0 radical (unpaired) electrons. The quantitative estimate of drug-likeness (QED) is 0.649. The molecule has 0 saturated carbocycles. The SMILES string of the molecule is O=C(NCc1ccc(S(=O)(=O)N2CCOCC2)cc1)c1ccccc1OCC1CCCO1. The molecule has 2 aromatic carbocycles. The van der Waals surface area contributed by atoms with E-state index in [1.165, 1.54) is 4.31 Å². The molecule has 0 spiro atoms. The van der Waals surface area contributed by atoms with Gasteiger partial charge < -0.3 is 19.5 Å². The Morgan fingerprint density at radius 3 is 2.53 bits per heavy atom. The number of sulfonamides is 1. The van der Waals surface area contributed by atoms with Crippen LogP contribution in [0.2, 0.25) is 0 Å². The van der Waals surface area contributed by atoms with Gasteiger partial charge in [-0.05, 0) is 42.7 Å². The fourth-order valence-electron chi connectivity index (χ4n) is 3.73. The Bertz CT molecular complexity index is 1010. The lowest BCUT2D eigenvalue weighted by atomic mass is 10.1. The monoisotopic (exact) mass is 460 g/mol. The van der Waals surface area contributed by atoms with Gasteiger partial charge in [0.2, 0.25) is 10.0 Å². The molecule has 1 amide bonds. The molecule has 172 valence electrons. The molecular formula is C23H28N2O6S. The van der Waals surface area contributed by atoms with E-state index < -0.39 is 10.0 Å². The fourth-order valence-corrected chi connectivity index (χ4v) is 5.14. The number of ether oxygens (including phenoxy) is 3. The molecule has 2 aliphatic rings. The first-order valence-corrected chi connectivity index (χ1v) is 12.3. The average molecular weight is 461 g/mol. The maximum absolute atomic E-state index is 12.7. The van der Waals surface area contributed by atoms with Crippen LogP contribution in [-0.2, 0) is 26.0 Å². The lowest BCUT2D eigenvalue weighted by Crippen LogP contribution is -2.40. The maximum Gasteiger partial charge on any atom is 0.255 e. The van der Waals surface area contributed by atoms with E-state index in [4.69, 9.17) is 14.2 Å². The highest BCUT2D eigenvalue weighted by Gasteiger charge is 2.26. The van der Waals surface area contributed by atoms with Gasteiger partial charge in [0.15, 0.2) is 0 Å². The smallest absolute Gasteiger partial charge is 0.255 e. The Labute approximate surface area is 188 Å². The van der Waals surface area contributed by atoms with Gasteiger partial charge >= 0.3 is 0 Å². The number of nitrogens with one attached hydrogen (secondary N) is 1. The Kier molecular flexibility index (Phi) is 7.41. The van der Waals surface area contributed by atoms with Gasteiger partial charge in [-0.2, -0.15) is 4.31 Å². The third-order valence-electron chi connectivity index (χ3n) is 5.56.